The van der Waals surface area contributed by atoms with Gasteiger partial charge in [-0.2, -0.15) is 0 Å². The zero-order chi connectivity index (χ0) is 12.6. The summed E-state index contributed by atoms with van der Waals surface area (Å²) in [6, 6.07) is 7.94. The van der Waals surface area contributed by atoms with Gasteiger partial charge in [-0.15, -0.1) is 0 Å². The van der Waals surface area contributed by atoms with E-state index in [4.69, 9.17) is 5.73 Å². The summed E-state index contributed by atoms with van der Waals surface area (Å²) in [6.07, 6.45) is 0. The number of amides is 1. The van der Waals surface area contributed by atoms with Crippen LogP contribution in [0.15, 0.2) is 29.3 Å². The van der Waals surface area contributed by atoms with Gasteiger partial charge < -0.3 is 5.73 Å². The van der Waals surface area contributed by atoms with Crippen molar-refractivity contribution in [2.75, 3.05) is 0 Å². The van der Waals surface area contributed by atoms with Gasteiger partial charge in [-0.3, -0.25) is 10.1 Å². The molecule has 17 heavy (non-hydrogen) atoms. The van der Waals surface area contributed by atoms with Gasteiger partial charge in [-0.25, -0.2) is 4.99 Å². The Labute approximate surface area is 101 Å². The van der Waals surface area contributed by atoms with Crippen LogP contribution in [0.4, 0.5) is 0 Å². The van der Waals surface area contributed by atoms with Crippen molar-refractivity contribution in [2.45, 2.75) is 32.2 Å². The van der Waals surface area contributed by atoms with Crippen LogP contribution >= 0.6 is 0 Å². The van der Waals surface area contributed by atoms with Gasteiger partial charge in [-0.1, -0.05) is 38.1 Å². The summed E-state index contributed by atoms with van der Waals surface area (Å²) < 4.78 is 0. The fourth-order valence-electron chi connectivity index (χ4n) is 1.95. The topological polar surface area (TPSA) is 67.5 Å². The number of hydrogen-bond acceptors (Lipinski definition) is 3. The quantitative estimate of drug-likeness (QED) is 0.809. The van der Waals surface area contributed by atoms with E-state index in [1.165, 1.54) is 5.56 Å². The van der Waals surface area contributed by atoms with Gasteiger partial charge in [0.05, 0.1) is 0 Å². The van der Waals surface area contributed by atoms with Crippen LogP contribution in [-0.2, 0) is 10.3 Å². The van der Waals surface area contributed by atoms with E-state index in [0.29, 0.717) is 5.92 Å². The first-order chi connectivity index (χ1) is 7.93. The van der Waals surface area contributed by atoms with Gasteiger partial charge in [0.2, 0.25) is 0 Å². The molecule has 1 atom stereocenters. The summed E-state index contributed by atoms with van der Waals surface area (Å²) >= 11 is 0. The normalized spacial score (nSPS) is 23.8. The molecule has 2 rings (SSSR count). The fourth-order valence-corrected chi connectivity index (χ4v) is 1.95. The maximum atomic E-state index is 11.8. The highest BCUT2D eigenvalue weighted by Gasteiger charge is 2.39. The Morgan fingerprint density at radius 3 is 2.29 bits per heavy atom. The average Bonchev–Trinajstić information content (AvgIpc) is 2.54. The number of nitrogens with two attached hydrogens (primary N) is 1. The molecule has 1 aliphatic heterocycles. The van der Waals surface area contributed by atoms with Gasteiger partial charge in [-0.05, 0) is 24.0 Å². The predicted molar refractivity (Wildman–Crippen MR) is 67.6 cm³/mol. The van der Waals surface area contributed by atoms with E-state index in [0.717, 1.165) is 5.56 Å². The molecule has 0 spiro atoms. The van der Waals surface area contributed by atoms with Crippen LogP contribution in [-0.4, -0.2) is 11.9 Å². The Morgan fingerprint density at radius 1 is 1.29 bits per heavy atom. The minimum Gasteiger partial charge on any atom is -0.370 e. The van der Waals surface area contributed by atoms with Crippen molar-refractivity contribution in [3.8, 4) is 0 Å². The summed E-state index contributed by atoms with van der Waals surface area (Å²) in [5, 5.41) is 2.53. The lowest BCUT2D eigenvalue weighted by molar-refractivity contribution is -0.123. The molecule has 1 aliphatic rings. The Bertz CT molecular complexity index is 476. The van der Waals surface area contributed by atoms with Crippen LogP contribution in [0.25, 0.3) is 0 Å². The molecule has 0 bridgehead atoms. The van der Waals surface area contributed by atoms with Crippen LogP contribution in [0.1, 0.15) is 37.8 Å². The third-order valence-electron chi connectivity index (χ3n) is 3.17. The number of hydrogen-bond donors (Lipinski definition) is 2. The number of carbonyl (C=O) groups excluding carboxylic acids is 1. The molecule has 1 heterocycles. The Morgan fingerprint density at radius 2 is 1.88 bits per heavy atom. The summed E-state index contributed by atoms with van der Waals surface area (Å²) in [5.41, 5.74) is 6.75. The van der Waals surface area contributed by atoms with E-state index in [1.807, 2.05) is 24.3 Å². The maximum Gasteiger partial charge on any atom is 0.259 e. The smallest absolute Gasteiger partial charge is 0.259 e. The molecule has 0 aromatic heterocycles. The number of guanidine groups is 1. The number of aliphatic imine (C=N–C) groups is 1. The monoisotopic (exact) mass is 231 g/mol. The van der Waals surface area contributed by atoms with E-state index in [-0.39, 0.29) is 11.9 Å². The molecule has 0 aliphatic carbocycles. The molecule has 0 saturated carbocycles. The minimum absolute atomic E-state index is 0.174. The highest BCUT2D eigenvalue weighted by atomic mass is 16.2. The first-order valence-electron chi connectivity index (χ1n) is 5.70. The first kappa shape index (κ1) is 11.6. The van der Waals surface area contributed by atoms with Gasteiger partial charge in [0.1, 0.15) is 0 Å². The third kappa shape index (κ3) is 1.90. The van der Waals surface area contributed by atoms with E-state index in [2.05, 4.69) is 24.2 Å². The lowest BCUT2D eigenvalue weighted by Gasteiger charge is -2.18. The first-order valence-corrected chi connectivity index (χ1v) is 5.70. The van der Waals surface area contributed by atoms with Crippen molar-refractivity contribution < 1.29 is 4.79 Å². The molecule has 3 N–H and O–H groups in total. The second-order valence-electron chi connectivity index (χ2n) is 4.80. The summed E-state index contributed by atoms with van der Waals surface area (Å²) in [4.78, 5) is 16.0. The largest absolute Gasteiger partial charge is 0.370 e. The Balaban J connectivity index is 2.38. The van der Waals surface area contributed by atoms with Crippen molar-refractivity contribution in [1.82, 2.24) is 5.32 Å². The molecule has 4 nitrogen and oxygen atoms in total. The van der Waals surface area contributed by atoms with Gasteiger partial charge in [0.15, 0.2) is 11.5 Å². The van der Waals surface area contributed by atoms with E-state index in [9.17, 15) is 4.79 Å². The van der Waals surface area contributed by atoms with E-state index >= 15 is 0 Å². The van der Waals surface area contributed by atoms with Gasteiger partial charge >= 0.3 is 0 Å². The Kier molecular flexibility index (Phi) is 2.65. The lowest BCUT2D eigenvalue weighted by atomic mass is 9.90. The molecular weight excluding hydrogens is 214 g/mol. The van der Waals surface area contributed by atoms with Gasteiger partial charge in [0.25, 0.3) is 5.91 Å². The number of nitrogens with zero attached hydrogens (tertiary/aromatic N) is 1. The molecule has 1 amide bonds. The average molecular weight is 231 g/mol. The summed E-state index contributed by atoms with van der Waals surface area (Å²) in [7, 11) is 0. The highest BCUT2D eigenvalue weighted by molar-refractivity contribution is 6.06. The summed E-state index contributed by atoms with van der Waals surface area (Å²) in [6.45, 7) is 6.04. The van der Waals surface area contributed by atoms with Crippen LogP contribution in [0.3, 0.4) is 0 Å². The van der Waals surface area contributed by atoms with E-state index in [1.54, 1.807) is 6.92 Å². The standard InChI is InChI=1S/C13H17N3O/c1-8(2)9-4-6-10(7-5-9)13(3)11(17)15-12(14)16-13/h4-8H,1-3H3,(H3,14,15,16,17). The van der Waals surface area contributed by atoms with Crippen LogP contribution in [0, 0.1) is 0 Å². The number of rotatable bonds is 2. The Hall–Kier alpha value is -1.84. The molecule has 1 aromatic carbocycles. The SMILES string of the molecule is CC(C)c1ccc(C2(C)N=C(N)NC2=O)cc1. The molecule has 0 radical (unpaired) electrons. The molecule has 0 fully saturated rings. The third-order valence-corrected chi connectivity index (χ3v) is 3.17. The zero-order valence-electron chi connectivity index (χ0n) is 10.3. The van der Waals surface area contributed by atoms with Crippen LogP contribution in [0.2, 0.25) is 0 Å². The van der Waals surface area contributed by atoms with Gasteiger partial charge in [0, 0.05) is 0 Å². The summed E-state index contributed by atoms with van der Waals surface area (Å²) in [5.74, 6) is 0.487. The predicted octanol–water partition coefficient (Wildman–Crippen LogP) is 1.47. The molecule has 90 valence electrons. The number of nitrogens with one attached hydrogen (secondary N) is 1. The number of benzene rings is 1. The van der Waals surface area contributed by atoms with Crippen LogP contribution in [0.5, 0.6) is 0 Å². The second kappa shape index (κ2) is 3.87. The van der Waals surface area contributed by atoms with Crippen molar-refractivity contribution in [3.63, 3.8) is 0 Å². The van der Waals surface area contributed by atoms with Crippen molar-refractivity contribution in [1.29, 1.82) is 0 Å². The van der Waals surface area contributed by atoms with Crippen molar-refractivity contribution in [2.24, 2.45) is 10.7 Å². The molecule has 0 saturated heterocycles. The molecular formula is C13H17N3O. The molecule has 4 heteroatoms. The maximum absolute atomic E-state index is 11.8. The lowest BCUT2D eigenvalue weighted by Crippen LogP contribution is -2.37. The van der Waals surface area contributed by atoms with Crippen molar-refractivity contribution in [3.05, 3.63) is 35.4 Å². The van der Waals surface area contributed by atoms with Crippen LogP contribution < -0.4 is 11.1 Å². The molecule has 1 aromatic rings. The highest BCUT2D eigenvalue weighted by Crippen LogP contribution is 2.29. The number of carbonyl (C=O) groups is 1. The van der Waals surface area contributed by atoms with Crippen molar-refractivity contribution >= 4 is 11.9 Å². The zero-order valence-corrected chi connectivity index (χ0v) is 10.3. The second-order valence-corrected chi connectivity index (χ2v) is 4.80. The van der Waals surface area contributed by atoms with E-state index < -0.39 is 5.54 Å². The minimum atomic E-state index is -0.889. The molecule has 1 unspecified atom stereocenters. The fraction of sp³-hybridized carbons (Fsp3) is 0.385.